The number of benzene rings is 2. The Bertz CT molecular complexity index is 1490. The first kappa shape index (κ1) is 33.5. The molecule has 0 bridgehead atoms. The smallest absolute Gasteiger partial charge is 0.120 e. The monoisotopic (exact) mass is 644 g/mol. The molecule has 0 aromatic heterocycles. The number of epoxide rings is 3. The van der Waals surface area contributed by atoms with E-state index in [2.05, 4.69) is 56.3 Å². The van der Waals surface area contributed by atoms with E-state index in [1.165, 1.54) is 16.7 Å². The average Bonchev–Trinajstić information content (AvgIpc) is 3.91. The SMILES string of the molecule is C/C(=C\O)COCc1ccc(CCCC(C)OCC2CO2)c(C)c1CC1=Cc2cc(OCC3CO3)ccc2/C=C\C(OCC2CO2)=C1. The Morgan fingerprint density at radius 1 is 0.915 bits per heavy atom. The number of aryl methyl sites for hydroxylation is 1. The van der Waals surface area contributed by atoms with Crippen molar-refractivity contribution in [1.82, 2.24) is 0 Å². The van der Waals surface area contributed by atoms with E-state index in [4.69, 9.17) is 33.2 Å². The lowest BCUT2D eigenvalue weighted by molar-refractivity contribution is 0.0481. The summed E-state index contributed by atoms with van der Waals surface area (Å²) in [5, 5.41) is 9.38. The van der Waals surface area contributed by atoms with Gasteiger partial charge in [0, 0.05) is 0 Å². The molecule has 8 heteroatoms. The molecule has 4 unspecified atom stereocenters. The van der Waals surface area contributed by atoms with E-state index in [0.717, 1.165) is 84.7 Å². The zero-order chi connectivity index (χ0) is 32.6. The van der Waals surface area contributed by atoms with Crippen LogP contribution in [0.15, 0.2) is 65.7 Å². The molecular weight excluding hydrogens is 596 g/mol. The average molecular weight is 645 g/mol. The van der Waals surface area contributed by atoms with Crippen LogP contribution in [0.3, 0.4) is 0 Å². The standard InChI is InChI=1S/C39H48O8/c1-26(17-40)18-41-19-32-8-7-30(6-4-5-27(2)42-20-36-23-45-36)28(3)39(32)15-29-13-33-16-35(44-22-38-25-47-38)12-10-31(33)9-11-34(14-29)43-21-37-24-46-37/h7-14,16-17,27,36-38,40H,4-6,15,18-25H2,1-3H3/b11-9-,26-17+,29-13?,29-14?,31-9?,33-13?,34-11?,34-14?. The van der Waals surface area contributed by atoms with Crippen molar-refractivity contribution in [1.29, 1.82) is 0 Å². The van der Waals surface area contributed by atoms with Crippen molar-refractivity contribution in [3.8, 4) is 5.75 Å². The van der Waals surface area contributed by atoms with Gasteiger partial charge < -0.3 is 38.3 Å². The molecular formula is C39H48O8. The quantitative estimate of drug-likeness (QED) is 0.131. The Hall–Kier alpha value is -3.40. The van der Waals surface area contributed by atoms with E-state index < -0.39 is 0 Å². The first-order valence-corrected chi connectivity index (χ1v) is 16.9. The molecule has 8 nitrogen and oxygen atoms in total. The summed E-state index contributed by atoms with van der Waals surface area (Å²) in [6, 6.07) is 10.7. The van der Waals surface area contributed by atoms with Crippen LogP contribution in [0.2, 0.25) is 0 Å². The summed E-state index contributed by atoms with van der Waals surface area (Å²) in [7, 11) is 0. The van der Waals surface area contributed by atoms with Gasteiger partial charge in [0.2, 0.25) is 0 Å². The van der Waals surface area contributed by atoms with Crippen LogP contribution in [0, 0.1) is 6.92 Å². The van der Waals surface area contributed by atoms with E-state index in [1.807, 2.05) is 19.1 Å². The summed E-state index contributed by atoms with van der Waals surface area (Å²) in [6.45, 7) is 11.2. The highest BCUT2D eigenvalue weighted by Gasteiger charge is 2.25. The van der Waals surface area contributed by atoms with Crippen molar-refractivity contribution in [2.45, 2.75) is 77.5 Å². The number of allylic oxidation sites excluding steroid dienone is 3. The maximum Gasteiger partial charge on any atom is 0.120 e. The van der Waals surface area contributed by atoms with Gasteiger partial charge in [-0.3, -0.25) is 0 Å². The van der Waals surface area contributed by atoms with Gasteiger partial charge in [0.15, 0.2) is 0 Å². The predicted octanol–water partition coefficient (Wildman–Crippen LogP) is 6.83. The summed E-state index contributed by atoms with van der Waals surface area (Å²) in [4.78, 5) is 0. The fourth-order valence-electron chi connectivity index (χ4n) is 5.64. The summed E-state index contributed by atoms with van der Waals surface area (Å²) in [5.41, 5.74) is 9.10. The van der Waals surface area contributed by atoms with Gasteiger partial charge in [-0.05, 0) is 115 Å². The largest absolute Gasteiger partial charge is 0.516 e. The van der Waals surface area contributed by atoms with E-state index in [0.29, 0.717) is 39.5 Å². The van der Waals surface area contributed by atoms with E-state index in [9.17, 15) is 5.11 Å². The second kappa shape index (κ2) is 16.1. The van der Waals surface area contributed by atoms with E-state index >= 15 is 0 Å². The topological polar surface area (TPSA) is 94.7 Å². The molecule has 4 atom stereocenters. The predicted molar refractivity (Wildman–Crippen MR) is 181 cm³/mol. The Labute approximate surface area is 278 Å². The highest BCUT2D eigenvalue weighted by atomic mass is 16.6. The zero-order valence-corrected chi connectivity index (χ0v) is 27.9. The minimum Gasteiger partial charge on any atom is -0.516 e. The third-order valence-electron chi connectivity index (χ3n) is 8.85. The molecule has 1 N–H and O–H groups in total. The number of hydrogen-bond donors (Lipinski definition) is 1. The maximum atomic E-state index is 9.38. The lowest BCUT2D eigenvalue weighted by Crippen LogP contribution is -2.13. The fraction of sp³-hybridized carbons (Fsp3) is 0.487. The van der Waals surface area contributed by atoms with Crippen LogP contribution in [-0.4, -0.2) is 75.8 Å². The Kier molecular flexibility index (Phi) is 11.5. The molecule has 3 saturated heterocycles. The van der Waals surface area contributed by atoms with Crippen LogP contribution in [0.4, 0.5) is 0 Å². The Morgan fingerprint density at radius 2 is 1.64 bits per heavy atom. The Morgan fingerprint density at radius 3 is 2.38 bits per heavy atom. The number of aliphatic hydroxyl groups is 1. The minimum absolute atomic E-state index is 0.166. The van der Waals surface area contributed by atoms with Crippen LogP contribution in [0.1, 0.15) is 60.1 Å². The molecule has 0 spiro atoms. The first-order valence-electron chi connectivity index (χ1n) is 16.9. The maximum absolute atomic E-state index is 9.38. The van der Waals surface area contributed by atoms with Crippen molar-refractivity contribution in [3.63, 3.8) is 0 Å². The van der Waals surface area contributed by atoms with Crippen molar-refractivity contribution < 1.29 is 38.3 Å². The number of fused-ring (bicyclic) bond motifs is 1. The summed E-state index contributed by atoms with van der Waals surface area (Å²) < 4.78 is 40.3. The molecule has 1 aliphatic carbocycles. The lowest BCUT2D eigenvalue weighted by atomic mass is 9.88. The zero-order valence-electron chi connectivity index (χ0n) is 27.9. The molecule has 6 rings (SSSR count). The molecule has 4 aliphatic rings. The van der Waals surface area contributed by atoms with Gasteiger partial charge in [0.1, 0.15) is 43.0 Å². The van der Waals surface area contributed by atoms with Crippen molar-refractivity contribution in [2.24, 2.45) is 0 Å². The fourth-order valence-corrected chi connectivity index (χ4v) is 5.64. The van der Waals surface area contributed by atoms with Crippen LogP contribution >= 0.6 is 0 Å². The summed E-state index contributed by atoms with van der Waals surface area (Å²) >= 11 is 0. The molecule has 2 aromatic rings. The molecule has 3 heterocycles. The van der Waals surface area contributed by atoms with Gasteiger partial charge >= 0.3 is 0 Å². The summed E-state index contributed by atoms with van der Waals surface area (Å²) in [5.74, 6) is 1.64. The van der Waals surface area contributed by atoms with Gasteiger partial charge in [0.25, 0.3) is 0 Å². The van der Waals surface area contributed by atoms with Gasteiger partial charge in [-0.1, -0.05) is 30.4 Å². The van der Waals surface area contributed by atoms with Crippen LogP contribution in [0.5, 0.6) is 5.75 Å². The second-order valence-electron chi connectivity index (χ2n) is 13.0. The molecule has 0 saturated carbocycles. The Balaban J connectivity index is 1.25. The third kappa shape index (κ3) is 10.5. The highest BCUT2D eigenvalue weighted by Crippen LogP contribution is 2.30. The number of hydrogen-bond acceptors (Lipinski definition) is 8. The molecule has 2 aromatic carbocycles. The first-order chi connectivity index (χ1) is 22.9. The molecule has 252 valence electrons. The molecule has 3 fully saturated rings. The number of aliphatic hydroxyl groups excluding tert-OH is 1. The number of rotatable bonds is 19. The van der Waals surface area contributed by atoms with Crippen molar-refractivity contribution in [3.05, 3.63) is 99.0 Å². The van der Waals surface area contributed by atoms with Gasteiger partial charge in [-0.2, -0.15) is 0 Å². The number of ether oxygens (including phenoxy) is 7. The second-order valence-corrected chi connectivity index (χ2v) is 13.0. The highest BCUT2D eigenvalue weighted by molar-refractivity contribution is 5.72. The van der Waals surface area contributed by atoms with Gasteiger partial charge in [-0.25, -0.2) is 0 Å². The normalized spacial score (nSPS) is 22.7. The lowest BCUT2D eigenvalue weighted by Gasteiger charge is -2.20. The van der Waals surface area contributed by atoms with Crippen molar-refractivity contribution in [2.75, 3.05) is 46.2 Å². The molecule has 47 heavy (non-hydrogen) atoms. The van der Waals surface area contributed by atoms with E-state index in [-0.39, 0.29) is 24.4 Å². The molecule has 3 aliphatic heterocycles. The van der Waals surface area contributed by atoms with Crippen molar-refractivity contribution >= 4 is 12.2 Å². The van der Waals surface area contributed by atoms with Crippen LogP contribution < -0.4 is 4.74 Å². The molecule has 0 radical (unpaired) electrons. The van der Waals surface area contributed by atoms with Gasteiger partial charge in [0.05, 0.1) is 52.0 Å². The van der Waals surface area contributed by atoms with Gasteiger partial charge in [-0.15, -0.1) is 0 Å². The molecule has 0 amide bonds. The minimum atomic E-state index is 0.166. The van der Waals surface area contributed by atoms with Crippen LogP contribution in [0.25, 0.3) is 12.2 Å². The summed E-state index contributed by atoms with van der Waals surface area (Å²) in [6.07, 6.45) is 14.2. The van der Waals surface area contributed by atoms with Crippen LogP contribution in [-0.2, 0) is 47.9 Å². The van der Waals surface area contributed by atoms with E-state index in [1.54, 1.807) is 0 Å². The third-order valence-corrected chi connectivity index (χ3v) is 8.85.